The van der Waals surface area contributed by atoms with Crippen LogP contribution in [0.4, 0.5) is 5.82 Å². The standard InChI is InChI=1S/C18H28N4O2/c1-13(23)10-22-11-18(5-4-16(22)24)6-8-21(9-7-18)17-14(2)15(3)19-12-20-17/h12-13,23H,4-11H2,1-3H3/t13-/m0/s1. The van der Waals surface area contributed by atoms with E-state index in [0.717, 1.165) is 56.0 Å². The quantitative estimate of drug-likeness (QED) is 0.912. The number of β-amino-alcohol motifs (C(OH)–C–C–N with tert-alkyl or cyclic N) is 1. The number of carbonyl (C=O) groups is 1. The molecule has 1 aromatic heterocycles. The van der Waals surface area contributed by atoms with Gasteiger partial charge in [-0.05, 0) is 45.4 Å². The number of carbonyl (C=O) groups excluding carboxylic acids is 1. The summed E-state index contributed by atoms with van der Waals surface area (Å²) in [6.07, 6.45) is 4.90. The van der Waals surface area contributed by atoms with Crippen molar-refractivity contribution in [2.45, 2.75) is 52.6 Å². The molecule has 2 fully saturated rings. The van der Waals surface area contributed by atoms with Crippen molar-refractivity contribution in [3.63, 3.8) is 0 Å². The number of hydrogen-bond donors (Lipinski definition) is 1. The number of aromatic nitrogens is 2. The first-order valence-electron chi connectivity index (χ1n) is 8.89. The molecule has 3 rings (SSSR count). The normalized spacial score (nSPS) is 22.1. The summed E-state index contributed by atoms with van der Waals surface area (Å²) in [4.78, 5) is 25.1. The van der Waals surface area contributed by atoms with Gasteiger partial charge in [0.25, 0.3) is 0 Å². The lowest BCUT2D eigenvalue weighted by Gasteiger charge is -2.48. The molecule has 24 heavy (non-hydrogen) atoms. The highest BCUT2D eigenvalue weighted by Gasteiger charge is 2.41. The van der Waals surface area contributed by atoms with Crippen molar-refractivity contribution in [3.05, 3.63) is 17.6 Å². The van der Waals surface area contributed by atoms with Crippen LogP contribution < -0.4 is 4.90 Å². The zero-order valence-electron chi connectivity index (χ0n) is 15.0. The Kier molecular flexibility index (Phi) is 4.76. The first-order chi connectivity index (χ1) is 11.4. The Hall–Kier alpha value is -1.69. The number of piperidine rings is 2. The monoisotopic (exact) mass is 332 g/mol. The first kappa shape index (κ1) is 17.1. The number of rotatable bonds is 3. The smallest absolute Gasteiger partial charge is 0.222 e. The number of nitrogens with zero attached hydrogens (tertiary/aromatic N) is 4. The molecule has 1 N–H and O–H groups in total. The van der Waals surface area contributed by atoms with Crippen LogP contribution in [0.5, 0.6) is 0 Å². The van der Waals surface area contributed by atoms with E-state index in [2.05, 4.69) is 21.8 Å². The molecule has 1 amide bonds. The van der Waals surface area contributed by atoms with E-state index >= 15 is 0 Å². The van der Waals surface area contributed by atoms with Gasteiger partial charge in [-0.1, -0.05) is 0 Å². The predicted octanol–water partition coefficient (Wildman–Crippen LogP) is 1.68. The van der Waals surface area contributed by atoms with Gasteiger partial charge in [0.2, 0.25) is 5.91 Å². The highest BCUT2D eigenvalue weighted by atomic mass is 16.3. The average Bonchev–Trinajstić information content (AvgIpc) is 2.54. The summed E-state index contributed by atoms with van der Waals surface area (Å²) in [5, 5.41) is 9.64. The fourth-order valence-electron chi connectivity index (χ4n) is 4.03. The first-order valence-corrected chi connectivity index (χ1v) is 8.89. The van der Waals surface area contributed by atoms with Crippen molar-refractivity contribution in [2.75, 3.05) is 31.1 Å². The van der Waals surface area contributed by atoms with Gasteiger partial charge in [-0.25, -0.2) is 9.97 Å². The molecule has 1 atom stereocenters. The number of anilines is 1. The van der Waals surface area contributed by atoms with Gasteiger partial charge < -0.3 is 14.9 Å². The van der Waals surface area contributed by atoms with Gasteiger partial charge in [0, 0.05) is 43.9 Å². The molecule has 1 spiro atoms. The van der Waals surface area contributed by atoms with Crippen LogP contribution in [-0.2, 0) is 4.79 Å². The predicted molar refractivity (Wildman–Crippen MR) is 92.9 cm³/mol. The molecule has 0 aromatic carbocycles. The van der Waals surface area contributed by atoms with Crippen LogP contribution in [0.15, 0.2) is 6.33 Å². The summed E-state index contributed by atoms with van der Waals surface area (Å²) in [5.41, 5.74) is 2.39. The van der Waals surface area contributed by atoms with Crippen LogP contribution in [0.1, 0.15) is 43.9 Å². The van der Waals surface area contributed by atoms with Crippen LogP contribution in [0.3, 0.4) is 0 Å². The second-order valence-electron chi connectivity index (χ2n) is 7.52. The zero-order chi connectivity index (χ0) is 17.3. The van der Waals surface area contributed by atoms with E-state index in [9.17, 15) is 9.90 Å². The number of amides is 1. The molecular weight excluding hydrogens is 304 g/mol. The highest BCUT2D eigenvalue weighted by Crippen LogP contribution is 2.41. The van der Waals surface area contributed by atoms with Gasteiger partial charge in [-0.15, -0.1) is 0 Å². The topological polar surface area (TPSA) is 69.6 Å². The van der Waals surface area contributed by atoms with E-state index in [1.807, 2.05) is 11.8 Å². The number of aliphatic hydroxyl groups is 1. The zero-order valence-corrected chi connectivity index (χ0v) is 15.0. The Balaban J connectivity index is 1.68. The van der Waals surface area contributed by atoms with Gasteiger partial charge in [0.15, 0.2) is 0 Å². The third-order valence-corrected chi connectivity index (χ3v) is 5.67. The molecule has 0 bridgehead atoms. The van der Waals surface area contributed by atoms with Gasteiger partial charge in [0.1, 0.15) is 12.1 Å². The molecule has 0 aliphatic carbocycles. The second-order valence-corrected chi connectivity index (χ2v) is 7.52. The minimum Gasteiger partial charge on any atom is -0.392 e. The van der Waals surface area contributed by atoms with Crippen LogP contribution in [0, 0.1) is 19.3 Å². The molecule has 2 aliphatic heterocycles. The summed E-state index contributed by atoms with van der Waals surface area (Å²) in [6.45, 7) is 9.02. The lowest BCUT2D eigenvalue weighted by molar-refractivity contribution is -0.139. The van der Waals surface area contributed by atoms with E-state index in [1.54, 1.807) is 13.3 Å². The Morgan fingerprint density at radius 3 is 2.62 bits per heavy atom. The molecule has 0 radical (unpaired) electrons. The highest BCUT2D eigenvalue weighted by molar-refractivity contribution is 5.77. The maximum atomic E-state index is 12.1. The van der Waals surface area contributed by atoms with Crippen molar-refractivity contribution in [3.8, 4) is 0 Å². The molecule has 3 heterocycles. The summed E-state index contributed by atoms with van der Waals surface area (Å²) in [7, 11) is 0. The largest absolute Gasteiger partial charge is 0.392 e. The maximum absolute atomic E-state index is 12.1. The lowest BCUT2D eigenvalue weighted by atomic mass is 9.72. The van der Waals surface area contributed by atoms with Crippen molar-refractivity contribution in [2.24, 2.45) is 5.41 Å². The van der Waals surface area contributed by atoms with Crippen molar-refractivity contribution >= 4 is 11.7 Å². The Morgan fingerprint density at radius 2 is 1.96 bits per heavy atom. The molecule has 6 heteroatoms. The fraction of sp³-hybridized carbons (Fsp3) is 0.722. The van der Waals surface area contributed by atoms with E-state index in [4.69, 9.17) is 0 Å². The second kappa shape index (κ2) is 6.67. The maximum Gasteiger partial charge on any atom is 0.222 e. The van der Waals surface area contributed by atoms with Crippen LogP contribution in [0.25, 0.3) is 0 Å². The Morgan fingerprint density at radius 1 is 1.25 bits per heavy atom. The summed E-state index contributed by atoms with van der Waals surface area (Å²) in [6, 6.07) is 0. The average molecular weight is 332 g/mol. The van der Waals surface area contributed by atoms with Crippen molar-refractivity contribution < 1.29 is 9.90 Å². The SMILES string of the molecule is Cc1ncnc(N2CCC3(CCC(=O)N(C[C@H](C)O)C3)CC2)c1C. The number of aryl methyl sites for hydroxylation is 1. The molecule has 132 valence electrons. The third-order valence-electron chi connectivity index (χ3n) is 5.67. The van der Waals surface area contributed by atoms with Crippen LogP contribution >= 0.6 is 0 Å². The molecule has 2 saturated heterocycles. The van der Waals surface area contributed by atoms with E-state index < -0.39 is 6.10 Å². The van der Waals surface area contributed by atoms with Crippen LogP contribution in [0.2, 0.25) is 0 Å². The molecule has 0 unspecified atom stereocenters. The molecular formula is C18H28N4O2. The van der Waals surface area contributed by atoms with E-state index in [-0.39, 0.29) is 11.3 Å². The molecule has 6 nitrogen and oxygen atoms in total. The summed E-state index contributed by atoms with van der Waals surface area (Å²) >= 11 is 0. The number of likely N-dealkylation sites (tertiary alicyclic amines) is 1. The van der Waals surface area contributed by atoms with E-state index in [0.29, 0.717) is 13.0 Å². The van der Waals surface area contributed by atoms with Crippen LogP contribution in [-0.4, -0.2) is 58.2 Å². The van der Waals surface area contributed by atoms with Gasteiger partial charge >= 0.3 is 0 Å². The van der Waals surface area contributed by atoms with Crippen molar-refractivity contribution in [1.29, 1.82) is 0 Å². The number of aliphatic hydroxyl groups excluding tert-OH is 1. The Labute approximate surface area is 143 Å². The molecule has 0 saturated carbocycles. The molecule has 1 aromatic rings. The minimum absolute atomic E-state index is 0.186. The minimum atomic E-state index is -0.462. The molecule has 2 aliphatic rings. The van der Waals surface area contributed by atoms with Gasteiger partial charge in [-0.3, -0.25) is 4.79 Å². The summed E-state index contributed by atoms with van der Waals surface area (Å²) in [5.74, 6) is 1.23. The van der Waals surface area contributed by atoms with E-state index in [1.165, 1.54) is 0 Å². The van der Waals surface area contributed by atoms with Gasteiger partial charge in [0.05, 0.1) is 6.10 Å². The summed E-state index contributed by atoms with van der Waals surface area (Å²) < 4.78 is 0. The van der Waals surface area contributed by atoms with Crippen molar-refractivity contribution in [1.82, 2.24) is 14.9 Å². The Bertz CT molecular complexity index is 609. The fourth-order valence-corrected chi connectivity index (χ4v) is 4.03. The van der Waals surface area contributed by atoms with Gasteiger partial charge in [-0.2, -0.15) is 0 Å². The third kappa shape index (κ3) is 3.38. The lowest BCUT2D eigenvalue weighted by Crippen LogP contribution is -2.53. The number of hydrogen-bond acceptors (Lipinski definition) is 5.